The molecule has 0 saturated carbocycles. The average Bonchev–Trinajstić information content (AvgIpc) is 3.12. The zero-order valence-corrected chi connectivity index (χ0v) is 18.0. The van der Waals surface area contributed by atoms with Crippen molar-refractivity contribution in [1.82, 2.24) is 9.55 Å². The SMILES string of the molecule is CCCCCCn1c(SCC(=O)N2CC(=O)Nc3ccccc32)nc2ccccc21. The number of benzene rings is 2. The highest BCUT2D eigenvalue weighted by atomic mass is 32.2. The van der Waals surface area contributed by atoms with Crippen LogP contribution in [-0.2, 0) is 16.1 Å². The van der Waals surface area contributed by atoms with Gasteiger partial charge in [0.05, 0.1) is 28.2 Å². The van der Waals surface area contributed by atoms with Crippen molar-refractivity contribution < 1.29 is 9.59 Å². The zero-order chi connectivity index (χ0) is 20.9. The number of amides is 2. The normalized spacial score (nSPS) is 13.4. The number of nitrogens with zero attached hydrogens (tertiary/aromatic N) is 3. The van der Waals surface area contributed by atoms with E-state index in [1.54, 1.807) is 4.90 Å². The Morgan fingerprint density at radius 1 is 1.10 bits per heavy atom. The van der Waals surface area contributed by atoms with Crippen molar-refractivity contribution in [3.63, 3.8) is 0 Å². The van der Waals surface area contributed by atoms with E-state index in [0.29, 0.717) is 5.69 Å². The summed E-state index contributed by atoms with van der Waals surface area (Å²) < 4.78 is 2.22. The molecule has 1 aromatic heterocycles. The Morgan fingerprint density at radius 2 is 1.90 bits per heavy atom. The molecule has 1 aliphatic heterocycles. The van der Waals surface area contributed by atoms with Crippen molar-refractivity contribution in [3.05, 3.63) is 48.5 Å². The highest BCUT2D eigenvalue weighted by molar-refractivity contribution is 7.99. The number of carbonyl (C=O) groups is 2. The predicted octanol–water partition coefficient (Wildman–Crippen LogP) is 4.69. The molecule has 30 heavy (non-hydrogen) atoms. The summed E-state index contributed by atoms with van der Waals surface area (Å²) in [5.41, 5.74) is 3.48. The molecule has 2 heterocycles. The van der Waals surface area contributed by atoms with Crippen LogP contribution in [-0.4, -0.2) is 33.7 Å². The Kier molecular flexibility index (Phi) is 6.38. The van der Waals surface area contributed by atoms with Gasteiger partial charge in [0.1, 0.15) is 6.54 Å². The Bertz CT molecular complexity index is 1060. The second-order valence-electron chi connectivity index (χ2n) is 7.43. The zero-order valence-electron chi connectivity index (χ0n) is 17.1. The Labute approximate surface area is 180 Å². The summed E-state index contributed by atoms with van der Waals surface area (Å²) in [6, 6.07) is 15.5. The van der Waals surface area contributed by atoms with Gasteiger partial charge < -0.3 is 14.8 Å². The number of hydrogen-bond donors (Lipinski definition) is 1. The molecule has 0 bridgehead atoms. The third-order valence-corrected chi connectivity index (χ3v) is 6.21. The van der Waals surface area contributed by atoms with Crippen molar-refractivity contribution in [1.29, 1.82) is 0 Å². The summed E-state index contributed by atoms with van der Waals surface area (Å²) in [4.78, 5) is 31.4. The van der Waals surface area contributed by atoms with Gasteiger partial charge in [0.2, 0.25) is 11.8 Å². The summed E-state index contributed by atoms with van der Waals surface area (Å²) in [6.07, 6.45) is 4.71. The smallest absolute Gasteiger partial charge is 0.244 e. The molecule has 0 radical (unpaired) electrons. The van der Waals surface area contributed by atoms with Gasteiger partial charge in [0.25, 0.3) is 0 Å². The number of imidazole rings is 1. The van der Waals surface area contributed by atoms with Gasteiger partial charge in [0.15, 0.2) is 5.16 Å². The largest absolute Gasteiger partial charge is 0.323 e. The van der Waals surface area contributed by atoms with Gasteiger partial charge in [-0.05, 0) is 30.7 Å². The number of rotatable bonds is 8. The molecule has 0 atom stereocenters. The van der Waals surface area contributed by atoms with Gasteiger partial charge in [-0.3, -0.25) is 9.59 Å². The number of hydrogen-bond acceptors (Lipinski definition) is 4. The molecule has 156 valence electrons. The lowest BCUT2D eigenvalue weighted by molar-refractivity contribution is -0.120. The van der Waals surface area contributed by atoms with Crippen LogP contribution in [0.1, 0.15) is 32.6 Å². The highest BCUT2D eigenvalue weighted by Gasteiger charge is 2.27. The van der Waals surface area contributed by atoms with Gasteiger partial charge in [-0.25, -0.2) is 4.98 Å². The minimum Gasteiger partial charge on any atom is -0.323 e. The van der Waals surface area contributed by atoms with Gasteiger partial charge in [-0.2, -0.15) is 0 Å². The lowest BCUT2D eigenvalue weighted by atomic mass is 10.2. The van der Waals surface area contributed by atoms with Gasteiger partial charge in [0, 0.05) is 6.54 Å². The van der Waals surface area contributed by atoms with Gasteiger partial charge in [-0.1, -0.05) is 62.2 Å². The summed E-state index contributed by atoms with van der Waals surface area (Å²) >= 11 is 1.44. The number of nitrogens with one attached hydrogen (secondary N) is 1. The molecule has 0 fully saturated rings. The number of aryl methyl sites for hydroxylation is 1. The highest BCUT2D eigenvalue weighted by Crippen LogP contribution is 2.30. The second kappa shape index (κ2) is 9.34. The molecular weight excluding hydrogens is 396 g/mol. The molecule has 3 aromatic rings. The molecule has 1 N–H and O–H groups in total. The van der Waals surface area contributed by atoms with Crippen LogP contribution < -0.4 is 10.2 Å². The standard InChI is InChI=1S/C23H26N4O2S/c1-2-3-4-9-14-26-19-12-7-6-11-18(19)25-23(26)30-16-22(29)27-15-21(28)24-17-10-5-8-13-20(17)27/h5-8,10-13H,2-4,9,14-16H2,1H3,(H,24,28). The molecule has 0 spiro atoms. The number of anilines is 2. The van der Waals surface area contributed by atoms with Crippen LogP contribution in [0, 0.1) is 0 Å². The average molecular weight is 423 g/mol. The first-order chi connectivity index (χ1) is 14.7. The number of thioether (sulfide) groups is 1. The first-order valence-electron chi connectivity index (χ1n) is 10.4. The fourth-order valence-corrected chi connectivity index (χ4v) is 4.65. The summed E-state index contributed by atoms with van der Waals surface area (Å²) in [5, 5.41) is 3.68. The van der Waals surface area contributed by atoms with E-state index in [2.05, 4.69) is 22.9 Å². The van der Waals surface area contributed by atoms with Crippen molar-refractivity contribution in [2.45, 2.75) is 44.3 Å². The Hall–Kier alpha value is -2.80. The van der Waals surface area contributed by atoms with Gasteiger partial charge in [-0.15, -0.1) is 0 Å². The van der Waals surface area contributed by atoms with E-state index < -0.39 is 0 Å². The van der Waals surface area contributed by atoms with Crippen LogP contribution in [0.5, 0.6) is 0 Å². The summed E-state index contributed by atoms with van der Waals surface area (Å²) in [6.45, 7) is 3.15. The first-order valence-corrected chi connectivity index (χ1v) is 11.4. The van der Waals surface area contributed by atoms with E-state index in [9.17, 15) is 9.59 Å². The topological polar surface area (TPSA) is 67.2 Å². The number of aromatic nitrogens is 2. The molecule has 0 aliphatic carbocycles. The molecule has 0 saturated heterocycles. The summed E-state index contributed by atoms with van der Waals surface area (Å²) in [7, 11) is 0. The van der Waals surface area contributed by atoms with Crippen LogP contribution in [0.4, 0.5) is 11.4 Å². The third-order valence-electron chi connectivity index (χ3n) is 5.25. The van der Waals surface area contributed by atoms with E-state index in [-0.39, 0.29) is 24.1 Å². The van der Waals surface area contributed by atoms with Crippen molar-refractivity contribution in [3.8, 4) is 0 Å². The molecule has 4 rings (SSSR count). The lowest BCUT2D eigenvalue weighted by Gasteiger charge is -2.29. The maximum atomic E-state index is 13.0. The molecular formula is C23H26N4O2S. The van der Waals surface area contributed by atoms with Crippen molar-refractivity contribution in [2.75, 3.05) is 22.5 Å². The van der Waals surface area contributed by atoms with E-state index in [1.807, 2.05) is 42.5 Å². The molecule has 0 unspecified atom stereocenters. The maximum absolute atomic E-state index is 13.0. The Morgan fingerprint density at radius 3 is 2.77 bits per heavy atom. The number of unbranched alkanes of at least 4 members (excludes halogenated alkanes) is 3. The molecule has 2 aromatic carbocycles. The monoisotopic (exact) mass is 422 g/mol. The number of carbonyl (C=O) groups excluding carboxylic acids is 2. The third kappa shape index (κ3) is 4.36. The van der Waals surface area contributed by atoms with Crippen molar-refractivity contribution in [2.24, 2.45) is 0 Å². The first kappa shape index (κ1) is 20.5. The quantitative estimate of drug-likeness (QED) is 0.422. The minimum atomic E-state index is -0.171. The molecule has 1 aliphatic rings. The number of para-hydroxylation sites is 4. The van der Waals surface area contributed by atoms with E-state index in [1.165, 1.54) is 31.0 Å². The van der Waals surface area contributed by atoms with Gasteiger partial charge >= 0.3 is 0 Å². The van der Waals surface area contributed by atoms with Crippen molar-refractivity contribution >= 4 is 46.0 Å². The fraction of sp³-hybridized carbons (Fsp3) is 0.348. The maximum Gasteiger partial charge on any atom is 0.244 e. The Balaban J connectivity index is 1.51. The van der Waals surface area contributed by atoms with Crippen LogP contribution in [0.2, 0.25) is 0 Å². The second-order valence-corrected chi connectivity index (χ2v) is 8.37. The van der Waals surface area contributed by atoms with E-state index in [4.69, 9.17) is 4.98 Å². The molecule has 7 heteroatoms. The summed E-state index contributed by atoms with van der Waals surface area (Å²) in [5.74, 6) is -0.0259. The molecule has 2 amide bonds. The predicted molar refractivity (Wildman–Crippen MR) is 122 cm³/mol. The van der Waals surface area contributed by atoms with E-state index >= 15 is 0 Å². The van der Waals surface area contributed by atoms with Crippen LogP contribution in [0.25, 0.3) is 11.0 Å². The van der Waals surface area contributed by atoms with E-state index in [0.717, 1.165) is 34.8 Å². The minimum absolute atomic E-state index is 0.0455. The fourth-order valence-electron chi connectivity index (χ4n) is 3.74. The van der Waals surface area contributed by atoms with Crippen LogP contribution >= 0.6 is 11.8 Å². The molecule has 6 nitrogen and oxygen atoms in total. The lowest BCUT2D eigenvalue weighted by Crippen LogP contribution is -2.43. The van der Waals surface area contributed by atoms with Crippen LogP contribution in [0.3, 0.4) is 0 Å². The number of fused-ring (bicyclic) bond motifs is 2. The van der Waals surface area contributed by atoms with Crippen LogP contribution in [0.15, 0.2) is 53.7 Å².